The third-order valence-corrected chi connectivity index (χ3v) is 2.58. The molecule has 0 bridgehead atoms. The van der Waals surface area contributed by atoms with Crippen molar-refractivity contribution in [1.82, 2.24) is 0 Å². The highest BCUT2D eigenvalue weighted by Crippen LogP contribution is 2.34. The topological polar surface area (TPSA) is 52.6 Å². The fraction of sp³-hybridized carbons (Fsp3) is 0. The molecule has 2 aromatic carbocycles. The molecular weight excluding hydrogens is 256 g/mol. The van der Waals surface area contributed by atoms with Gasteiger partial charge in [0.25, 0.3) is 0 Å². The van der Waals surface area contributed by atoms with Gasteiger partial charge in [0.1, 0.15) is 11.5 Å². The summed E-state index contributed by atoms with van der Waals surface area (Å²) in [6.07, 6.45) is 2.13. The molecule has 0 heterocycles. The van der Waals surface area contributed by atoms with Crippen LogP contribution in [0.1, 0.15) is 0 Å². The molecule has 0 amide bonds. The smallest absolute Gasteiger partial charge is 0.335 e. The van der Waals surface area contributed by atoms with E-state index in [2.05, 4.69) is 13.2 Å². The molecule has 0 aliphatic carbocycles. The second-order valence-corrected chi connectivity index (χ2v) is 3.86. The SMILES string of the molecule is C=CC(=O)Oc1cccc2cccc(OC(=O)C=C)c12. The lowest BCUT2D eigenvalue weighted by Crippen LogP contribution is -2.06. The van der Waals surface area contributed by atoms with Crippen molar-refractivity contribution >= 4 is 22.7 Å². The minimum Gasteiger partial charge on any atom is -0.423 e. The fourth-order valence-corrected chi connectivity index (χ4v) is 1.74. The zero-order chi connectivity index (χ0) is 14.5. The second kappa shape index (κ2) is 5.84. The third kappa shape index (κ3) is 2.75. The van der Waals surface area contributed by atoms with E-state index in [4.69, 9.17) is 9.47 Å². The Bertz CT molecular complexity index is 644. The van der Waals surface area contributed by atoms with Crippen molar-refractivity contribution in [3.63, 3.8) is 0 Å². The molecule has 0 atom stereocenters. The molecule has 0 aliphatic heterocycles. The monoisotopic (exact) mass is 268 g/mol. The van der Waals surface area contributed by atoms with Gasteiger partial charge in [-0.15, -0.1) is 0 Å². The largest absolute Gasteiger partial charge is 0.423 e. The summed E-state index contributed by atoms with van der Waals surface area (Å²) in [5, 5.41) is 1.33. The van der Waals surface area contributed by atoms with Gasteiger partial charge in [-0.3, -0.25) is 0 Å². The number of esters is 2. The molecule has 0 unspecified atom stereocenters. The average Bonchev–Trinajstić information content (AvgIpc) is 2.47. The Kier molecular flexibility index (Phi) is 3.96. The summed E-state index contributed by atoms with van der Waals surface area (Å²) in [6, 6.07) is 10.4. The van der Waals surface area contributed by atoms with Crippen molar-refractivity contribution in [2.45, 2.75) is 0 Å². The van der Waals surface area contributed by atoms with Crippen LogP contribution >= 0.6 is 0 Å². The van der Waals surface area contributed by atoms with Crippen LogP contribution in [0.5, 0.6) is 11.5 Å². The van der Waals surface area contributed by atoms with Crippen LogP contribution in [0.15, 0.2) is 61.7 Å². The minimum absolute atomic E-state index is 0.305. The van der Waals surface area contributed by atoms with Gasteiger partial charge in [0, 0.05) is 12.2 Å². The quantitative estimate of drug-likeness (QED) is 0.486. The summed E-state index contributed by atoms with van der Waals surface area (Å²) in [6.45, 7) is 6.70. The number of hydrogen-bond donors (Lipinski definition) is 0. The van der Waals surface area contributed by atoms with E-state index < -0.39 is 11.9 Å². The van der Waals surface area contributed by atoms with Crippen LogP contribution in [0.2, 0.25) is 0 Å². The standard InChI is InChI=1S/C16H12O4/c1-3-14(17)19-12-9-5-7-11-8-6-10-13(16(11)12)20-15(18)4-2/h3-10H,1-2H2. The van der Waals surface area contributed by atoms with Crippen molar-refractivity contribution in [3.05, 3.63) is 61.7 Å². The average molecular weight is 268 g/mol. The molecular formula is C16H12O4. The Hall–Kier alpha value is -2.88. The number of benzene rings is 2. The molecule has 0 spiro atoms. The van der Waals surface area contributed by atoms with E-state index in [0.717, 1.165) is 17.5 Å². The minimum atomic E-state index is -0.581. The van der Waals surface area contributed by atoms with Gasteiger partial charge in [0.2, 0.25) is 0 Å². The van der Waals surface area contributed by atoms with E-state index in [0.29, 0.717) is 16.9 Å². The highest BCUT2D eigenvalue weighted by molar-refractivity contribution is 5.98. The van der Waals surface area contributed by atoms with Crippen LogP contribution in [-0.4, -0.2) is 11.9 Å². The second-order valence-electron chi connectivity index (χ2n) is 3.86. The maximum absolute atomic E-state index is 11.4. The molecule has 0 aliphatic rings. The van der Waals surface area contributed by atoms with Gasteiger partial charge in [-0.1, -0.05) is 37.4 Å². The fourth-order valence-electron chi connectivity index (χ4n) is 1.74. The van der Waals surface area contributed by atoms with E-state index in [1.54, 1.807) is 24.3 Å². The predicted octanol–water partition coefficient (Wildman–Crippen LogP) is 3.02. The first kappa shape index (κ1) is 13.5. The maximum atomic E-state index is 11.4. The van der Waals surface area contributed by atoms with E-state index in [1.165, 1.54) is 0 Å². The number of ether oxygens (including phenoxy) is 2. The van der Waals surface area contributed by atoms with Gasteiger partial charge in [0.15, 0.2) is 0 Å². The number of fused-ring (bicyclic) bond motifs is 1. The Morgan fingerprint density at radius 3 is 1.70 bits per heavy atom. The molecule has 0 radical (unpaired) electrons. The van der Waals surface area contributed by atoms with Crippen molar-refractivity contribution in [1.29, 1.82) is 0 Å². The first-order valence-corrected chi connectivity index (χ1v) is 5.86. The molecule has 2 aromatic rings. The molecule has 0 saturated carbocycles. The number of carbonyl (C=O) groups is 2. The van der Waals surface area contributed by atoms with Gasteiger partial charge in [-0.05, 0) is 17.5 Å². The first-order valence-electron chi connectivity index (χ1n) is 5.86. The zero-order valence-electron chi connectivity index (χ0n) is 10.7. The normalized spacial score (nSPS) is 9.80. The van der Waals surface area contributed by atoms with Gasteiger partial charge < -0.3 is 9.47 Å². The van der Waals surface area contributed by atoms with E-state index in [-0.39, 0.29) is 0 Å². The molecule has 4 nitrogen and oxygen atoms in total. The third-order valence-electron chi connectivity index (χ3n) is 2.58. The maximum Gasteiger partial charge on any atom is 0.335 e. The molecule has 4 heteroatoms. The van der Waals surface area contributed by atoms with Crippen LogP contribution in [0.25, 0.3) is 10.8 Å². The van der Waals surface area contributed by atoms with Crippen molar-refractivity contribution in [2.75, 3.05) is 0 Å². The molecule has 2 rings (SSSR count). The van der Waals surface area contributed by atoms with Crippen molar-refractivity contribution < 1.29 is 19.1 Å². The summed E-state index contributed by atoms with van der Waals surface area (Å²) >= 11 is 0. The van der Waals surface area contributed by atoms with E-state index in [9.17, 15) is 9.59 Å². The van der Waals surface area contributed by atoms with Gasteiger partial charge >= 0.3 is 11.9 Å². The summed E-state index contributed by atoms with van der Waals surface area (Å²) < 4.78 is 10.3. The molecule has 0 aromatic heterocycles. The Morgan fingerprint density at radius 2 is 1.30 bits per heavy atom. The lowest BCUT2D eigenvalue weighted by molar-refractivity contribution is -0.129. The van der Waals surface area contributed by atoms with E-state index >= 15 is 0 Å². The van der Waals surface area contributed by atoms with Crippen LogP contribution < -0.4 is 9.47 Å². The Morgan fingerprint density at radius 1 is 0.850 bits per heavy atom. The summed E-state index contributed by atoms with van der Waals surface area (Å²) in [5.41, 5.74) is 0. The van der Waals surface area contributed by atoms with Crippen LogP contribution in [0, 0.1) is 0 Å². The highest BCUT2D eigenvalue weighted by Gasteiger charge is 2.12. The van der Waals surface area contributed by atoms with Crippen molar-refractivity contribution in [3.8, 4) is 11.5 Å². The van der Waals surface area contributed by atoms with E-state index in [1.807, 2.05) is 12.1 Å². The summed E-state index contributed by atoms with van der Waals surface area (Å²) in [5.74, 6) is -0.551. The van der Waals surface area contributed by atoms with Crippen molar-refractivity contribution in [2.24, 2.45) is 0 Å². The molecule has 0 fully saturated rings. The predicted molar refractivity (Wildman–Crippen MR) is 75.6 cm³/mol. The molecule has 0 N–H and O–H groups in total. The molecule has 0 saturated heterocycles. The number of carbonyl (C=O) groups excluding carboxylic acids is 2. The highest BCUT2D eigenvalue weighted by atomic mass is 16.5. The van der Waals surface area contributed by atoms with Crippen LogP contribution in [-0.2, 0) is 9.59 Å². The van der Waals surface area contributed by atoms with Gasteiger partial charge in [-0.25, -0.2) is 9.59 Å². The van der Waals surface area contributed by atoms with Gasteiger partial charge in [0.05, 0.1) is 5.39 Å². The first-order chi connectivity index (χ1) is 9.65. The van der Waals surface area contributed by atoms with Gasteiger partial charge in [-0.2, -0.15) is 0 Å². The summed E-state index contributed by atoms with van der Waals surface area (Å²) in [4.78, 5) is 22.7. The van der Waals surface area contributed by atoms with Crippen LogP contribution in [0.3, 0.4) is 0 Å². The lowest BCUT2D eigenvalue weighted by atomic mass is 10.1. The molecule has 20 heavy (non-hydrogen) atoms. The van der Waals surface area contributed by atoms with Crippen LogP contribution in [0.4, 0.5) is 0 Å². The Balaban J connectivity index is 2.57. The summed E-state index contributed by atoms with van der Waals surface area (Å²) in [7, 11) is 0. The number of hydrogen-bond acceptors (Lipinski definition) is 4. The Labute approximate surface area is 115 Å². The number of rotatable bonds is 4. The lowest BCUT2D eigenvalue weighted by Gasteiger charge is -2.10. The zero-order valence-corrected chi connectivity index (χ0v) is 10.7. The molecule has 100 valence electrons.